The largest absolute Gasteiger partial charge is 0.368 e. The van der Waals surface area contributed by atoms with Gasteiger partial charge in [-0.25, -0.2) is 4.98 Å². The highest BCUT2D eigenvalue weighted by atomic mass is 16.1. The van der Waals surface area contributed by atoms with E-state index >= 15 is 0 Å². The first kappa shape index (κ1) is 14.7. The maximum Gasteiger partial charge on any atom is 0.239 e. The van der Waals surface area contributed by atoms with Crippen molar-refractivity contribution in [3.8, 4) is 0 Å². The van der Waals surface area contributed by atoms with E-state index in [2.05, 4.69) is 31.1 Å². The van der Waals surface area contributed by atoms with Crippen LogP contribution in [0.25, 0.3) is 0 Å². The van der Waals surface area contributed by atoms with Crippen molar-refractivity contribution in [3.05, 3.63) is 18.2 Å². The lowest BCUT2D eigenvalue weighted by molar-refractivity contribution is -0.124. The Hall–Kier alpha value is -1.36. The zero-order valence-corrected chi connectivity index (χ0v) is 11.7. The smallest absolute Gasteiger partial charge is 0.239 e. The number of amides is 1. The van der Waals surface area contributed by atoms with Gasteiger partial charge in [-0.3, -0.25) is 4.79 Å². The highest BCUT2D eigenvalue weighted by Crippen LogP contribution is 2.15. The molecule has 0 aromatic carbocycles. The molecule has 0 aliphatic carbocycles. The van der Waals surface area contributed by atoms with Gasteiger partial charge in [-0.2, -0.15) is 0 Å². The molecule has 1 unspecified atom stereocenters. The van der Waals surface area contributed by atoms with E-state index in [9.17, 15) is 4.79 Å². The lowest BCUT2D eigenvalue weighted by Crippen LogP contribution is -2.56. The standard InChI is InChI=1S/C13H24N4O/c1-5-6-16-13(4,12(14)18)9-17-8-7-15-11(17)10(2)3/h7-8,10,16H,5-6,9H2,1-4H3,(H2,14,18). The molecule has 1 atom stereocenters. The van der Waals surface area contributed by atoms with Crippen LogP contribution in [0.5, 0.6) is 0 Å². The summed E-state index contributed by atoms with van der Waals surface area (Å²) in [6, 6.07) is 0. The zero-order chi connectivity index (χ0) is 13.8. The predicted molar refractivity (Wildman–Crippen MR) is 72.2 cm³/mol. The van der Waals surface area contributed by atoms with Crippen molar-refractivity contribution in [2.45, 2.75) is 52.1 Å². The van der Waals surface area contributed by atoms with Crippen molar-refractivity contribution < 1.29 is 4.79 Å². The SMILES string of the molecule is CCCNC(C)(Cn1ccnc1C(C)C)C(N)=O. The molecule has 18 heavy (non-hydrogen) atoms. The average Bonchev–Trinajstić information content (AvgIpc) is 2.74. The summed E-state index contributed by atoms with van der Waals surface area (Å²) in [5.74, 6) is 0.962. The van der Waals surface area contributed by atoms with E-state index in [1.165, 1.54) is 0 Å². The van der Waals surface area contributed by atoms with Crippen molar-refractivity contribution in [1.29, 1.82) is 0 Å². The van der Waals surface area contributed by atoms with Crippen LogP contribution >= 0.6 is 0 Å². The van der Waals surface area contributed by atoms with Crippen LogP contribution in [0.4, 0.5) is 0 Å². The number of nitrogens with zero attached hydrogens (tertiary/aromatic N) is 2. The number of rotatable bonds is 7. The minimum Gasteiger partial charge on any atom is -0.368 e. The van der Waals surface area contributed by atoms with E-state index < -0.39 is 5.54 Å². The second-order valence-corrected chi connectivity index (χ2v) is 5.19. The summed E-state index contributed by atoms with van der Waals surface area (Å²) in [5.41, 5.74) is 4.78. The van der Waals surface area contributed by atoms with E-state index in [-0.39, 0.29) is 5.91 Å². The van der Waals surface area contributed by atoms with Gasteiger partial charge >= 0.3 is 0 Å². The third-order valence-electron chi connectivity index (χ3n) is 3.06. The van der Waals surface area contributed by atoms with E-state index in [1.54, 1.807) is 6.20 Å². The van der Waals surface area contributed by atoms with Gasteiger partial charge in [0.05, 0.1) is 6.54 Å². The molecule has 3 N–H and O–H groups in total. The Morgan fingerprint density at radius 3 is 2.78 bits per heavy atom. The van der Waals surface area contributed by atoms with Crippen LogP contribution in [-0.2, 0) is 11.3 Å². The second-order valence-electron chi connectivity index (χ2n) is 5.19. The molecule has 0 fully saturated rings. The number of hydrogen-bond donors (Lipinski definition) is 2. The lowest BCUT2D eigenvalue weighted by atomic mass is 10.0. The molecule has 0 saturated heterocycles. The molecular formula is C13H24N4O. The molecule has 102 valence electrons. The molecule has 1 amide bonds. The molecule has 0 saturated carbocycles. The Balaban J connectivity index is 2.89. The first-order valence-corrected chi connectivity index (χ1v) is 6.46. The summed E-state index contributed by atoms with van der Waals surface area (Å²) in [6.45, 7) is 9.35. The highest BCUT2D eigenvalue weighted by Gasteiger charge is 2.31. The number of nitrogens with one attached hydrogen (secondary N) is 1. The zero-order valence-electron chi connectivity index (χ0n) is 11.7. The fourth-order valence-electron chi connectivity index (χ4n) is 1.92. The molecule has 1 rings (SSSR count). The summed E-state index contributed by atoms with van der Waals surface area (Å²) in [5, 5.41) is 3.23. The highest BCUT2D eigenvalue weighted by molar-refractivity contribution is 5.84. The first-order valence-electron chi connectivity index (χ1n) is 6.46. The topological polar surface area (TPSA) is 72.9 Å². The van der Waals surface area contributed by atoms with Gasteiger partial charge in [0.25, 0.3) is 0 Å². The number of imidazole rings is 1. The second kappa shape index (κ2) is 6.00. The number of carbonyl (C=O) groups is 1. The van der Waals surface area contributed by atoms with Gasteiger partial charge in [0, 0.05) is 18.3 Å². The van der Waals surface area contributed by atoms with E-state index in [0.29, 0.717) is 12.5 Å². The van der Waals surface area contributed by atoms with Crippen molar-refractivity contribution in [1.82, 2.24) is 14.9 Å². The molecule has 0 aliphatic rings. The van der Waals surface area contributed by atoms with Gasteiger partial charge in [0.2, 0.25) is 5.91 Å². The number of hydrogen-bond acceptors (Lipinski definition) is 3. The normalized spacial score (nSPS) is 14.7. The molecule has 0 bridgehead atoms. The molecule has 0 spiro atoms. The Morgan fingerprint density at radius 2 is 2.28 bits per heavy atom. The number of aromatic nitrogens is 2. The van der Waals surface area contributed by atoms with Gasteiger partial charge in [0.15, 0.2) is 0 Å². The third-order valence-corrected chi connectivity index (χ3v) is 3.06. The van der Waals surface area contributed by atoms with Crippen LogP contribution in [0.15, 0.2) is 12.4 Å². The minimum absolute atomic E-state index is 0.323. The van der Waals surface area contributed by atoms with Crippen molar-refractivity contribution >= 4 is 5.91 Å². The predicted octanol–water partition coefficient (Wildman–Crippen LogP) is 1.25. The van der Waals surface area contributed by atoms with Crippen LogP contribution in [0.3, 0.4) is 0 Å². The fraction of sp³-hybridized carbons (Fsp3) is 0.692. The van der Waals surface area contributed by atoms with Crippen LogP contribution in [0.2, 0.25) is 0 Å². The summed E-state index contributed by atoms with van der Waals surface area (Å²) in [6.07, 6.45) is 4.62. The number of nitrogens with two attached hydrogens (primary N) is 1. The minimum atomic E-state index is -0.736. The molecule has 5 heteroatoms. The first-order chi connectivity index (χ1) is 8.40. The van der Waals surface area contributed by atoms with Gasteiger partial charge < -0.3 is 15.6 Å². The van der Waals surface area contributed by atoms with E-state index in [0.717, 1.165) is 18.8 Å². The van der Waals surface area contributed by atoms with Crippen LogP contribution in [0.1, 0.15) is 45.9 Å². The number of carbonyl (C=O) groups excluding carboxylic acids is 1. The Labute approximate surface area is 109 Å². The summed E-state index contributed by atoms with van der Waals surface area (Å²) in [7, 11) is 0. The molecule has 1 heterocycles. The monoisotopic (exact) mass is 252 g/mol. The van der Waals surface area contributed by atoms with Gasteiger partial charge in [0.1, 0.15) is 11.4 Å². The van der Waals surface area contributed by atoms with Crippen LogP contribution in [0, 0.1) is 0 Å². The average molecular weight is 252 g/mol. The molecule has 1 aromatic rings. The molecule has 5 nitrogen and oxygen atoms in total. The van der Waals surface area contributed by atoms with Crippen molar-refractivity contribution in [2.24, 2.45) is 5.73 Å². The maximum atomic E-state index is 11.7. The van der Waals surface area contributed by atoms with Gasteiger partial charge in [-0.05, 0) is 19.9 Å². The fourth-order valence-corrected chi connectivity index (χ4v) is 1.92. The van der Waals surface area contributed by atoms with Crippen LogP contribution < -0.4 is 11.1 Å². The van der Waals surface area contributed by atoms with Gasteiger partial charge in [-0.1, -0.05) is 20.8 Å². The van der Waals surface area contributed by atoms with Crippen molar-refractivity contribution in [2.75, 3.05) is 6.54 Å². The number of primary amides is 1. The molecule has 1 aromatic heterocycles. The Morgan fingerprint density at radius 1 is 1.61 bits per heavy atom. The van der Waals surface area contributed by atoms with E-state index in [4.69, 9.17) is 5.73 Å². The lowest BCUT2D eigenvalue weighted by Gasteiger charge is -2.29. The Kier molecular flexibility index (Phi) is 4.90. The van der Waals surface area contributed by atoms with Crippen molar-refractivity contribution in [3.63, 3.8) is 0 Å². The summed E-state index contributed by atoms with van der Waals surface area (Å²) in [4.78, 5) is 16.0. The maximum absolute atomic E-state index is 11.7. The van der Waals surface area contributed by atoms with Gasteiger partial charge in [-0.15, -0.1) is 0 Å². The molecular weight excluding hydrogens is 228 g/mol. The third kappa shape index (κ3) is 3.32. The van der Waals surface area contributed by atoms with Crippen LogP contribution in [-0.4, -0.2) is 27.5 Å². The molecule has 0 radical (unpaired) electrons. The summed E-state index contributed by atoms with van der Waals surface area (Å²) >= 11 is 0. The molecule has 0 aliphatic heterocycles. The summed E-state index contributed by atoms with van der Waals surface area (Å²) < 4.78 is 2.00. The Bertz CT molecular complexity index is 399. The quantitative estimate of drug-likeness (QED) is 0.767. The van der Waals surface area contributed by atoms with E-state index in [1.807, 2.05) is 17.7 Å².